The molecule has 2 aliphatic rings. The Morgan fingerprint density at radius 1 is 1.35 bits per heavy atom. The van der Waals surface area contributed by atoms with Crippen molar-refractivity contribution in [1.29, 1.82) is 0 Å². The highest BCUT2D eigenvalue weighted by atomic mass is 32.2. The highest BCUT2D eigenvalue weighted by Gasteiger charge is 2.34. The van der Waals surface area contributed by atoms with Crippen LogP contribution in [0.2, 0.25) is 0 Å². The summed E-state index contributed by atoms with van der Waals surface area (Å²) in [5, 5.41) is 3.26. The molecule has 1 fully saturated rings. The molecule has 3 rings (SSSR count). The SMILES string of the molecule is CC(C)C1CCN(S(=O)(=O)c2ccc3c(c2)CCN3)C1. The number of fused-ring (bicyclic) bond motifs is 1. The van der Waals surface area contributed by atoms with Crippen molar-refractivity contribution < 1.29 is 8.42 Å². The van der Waals surface area contributed by atoms with E-state index in [2.05, 4.69) is 19.2 Å². The number of anilines is 1. The van der Waals surface area contributed by atoms with Gasteiger partial charge in [0, 0.05) is 25.3 Å². The Morgan fingerprint density at radius 3 is 2.85 bits per heavy atom. The number of hydrogen-bond donors (Lipinski definition) is 1. The predicted octanol–water partition coefficient (Wildman–Crippen LogP) is 2.32. The number of benzene rings is 1. The van der Waals surface area contributed by atoms with E-state index in [1.54, 1.807) is 10.4 Å². The molecule has 5 heteroatoms. The molecule has 4 nitrogen and oxygen atoms in total. The van der Waals surface area contributed by atoms with E-state index in [1.165, 1.54) is 0 Å². The molecule has 0 saturated carbocycles. The van der Waals surface area contributed by atoms with Gasteiger partial charge in [-0.25, -0.2) is 8.42 Å². The number of hydrogen-bond acceptors (Lipinski definition) is 3. The van der Waals surface area contributed by atoms with E-state index in [0.29, 0.717) is 29.8 Å². The first-order chi connectivity index (χ1) is 9.48. The van der Waals surface area contributed by atoms with E-state index in [0.717, 1.165) is 30.6 Å². The zero-order chi connectivity index (χ0) is 14.3. The van der Waals surface area contributed by atoms with E-state index < -0.39 is 10.0 Å². The van der Waals surface area contributed by atoms with Crippen LogP contribution in [0.5, 0.6) is 0 Å². The molecule has 1 aromatic rings. The molecule has 0 aromatic heterocycles. The standard InChI is InChI=1S/C15H22N2O2S/c1-11(2)13-6-8-17(10-13)20(18,19)14-3-4-15-12(9-14)5-7-16-15/h3-4,9,11,13,16H,5-8,10H2,1-2H3. The van der Waals surface area contributed by atoms with Crippen LogP contribution in [0.3, 0.4) is 0 Å². The van der Waals surface area contributed by atoms with Crippen LogP contribution >= 0.6 is 0 Å². The molecule has 0 radical (unpaired) electrons. The molecule has 2 heterocycles. The lowest BCUT2D eigenvalue weighted by Crippen LogP contribution is -2.29. The molecule has 1 saturated heterocycles. The number of sulfonamides is 1. The van der Waals surface area contributed by atoms with Crippen molar-refractivity contribution >= 4 is 15.7 Å². The van der Waals surface area contributed by atoms with E-state index in [4.69, 9.17) is 0 Å². The van der Waals surface area contributed by atoms with Crippen LogP contribution in [0.4, 0.5) is 5.69 Å². The van der Waals surface area contributed by atoms with Gasteiger partial charge in [0.1, 0.15) is 0 Å². The third-order valence-electron chi connectivity index (χ3n) is 4.55. The summed E-state index contributed by atoms with van der Waals surface area (Å²) >= 11 is 0. The van der Waals surface area contributed by atoms with Crippen molar-refractivity contribution in [3.8, 4) is 0 Å². The Hall–Kier alpha value is -1.07. The van der Waals surface area contributed by atoms with Crippen LogP contribution in [-0.2, 0) is 16.4 Å². The Labute approximate surface area is 121 Å². The van der Waals surface area contributed by atoms with E-state index >= 15 is 0 Å². The Bertz CT molecular complexity index is 610. The van der Waals surface area contributed by atoms with E-state index in [-0.39, 0.29) is 0 Å². The van der Waals surface area contributed by atoms with Gasteiger partial charge in [-0.15, -0.1) is 0 Å². The number of rotatable bonds is 3. The summed E-state index contributed by atoms with van der Waals surface area (Å²) in [7, 11) is -3.32. The first-order valence-electron chi connectivity index (χ1n) is 7.35. The molecule has 0 spiro atoms. The third-order valence-corrected chi connectivity index (χ3v) is 6.42. The van der Waals surface area contributed by atoms with Crippen LogP contribution in [-0.4, -0.2) is 32.4 Å². The predicted molar refractivity (Wildman–Crippen MR) is 80.3 cm³/mol. The summed E-state index contributed by atoms with van der Waals surface area (Å²) in [6.45, 7) is 6.55. The van der Waals surface area contributed by atoms with Gasteiger partial charge in [0.25, 0.3) is 0 Å². The number of nitrogens with one attached hydrogen (secondary N) is 1. The van der Waals surface area contributed by atoms with Crippen LogP contribution in [0.15, 0.2) is 23.1 Å². The lowest BCUT2D eigenvalue weighted by Gasteiger charge is -2.18. The van der Waals surface area contributed by atoms with Gasteiger partial charge in [-0.1, -0.05) is 13.8 Å². The van der Waals surface area contributed by atoms with Gasteiger partial charge >= 0.3 is 0 Å². The van der Waals surface area contributed by atoms with Gasteiger partial charge in [-0.2, -0.15) is 4.31 Å². The second kappa shape index (κ2) is 5.04. The summed E-state index contributed by atoms with van der Waals surface area (Å²) < 4.78 is 27.1. The van der Waals surface area contributed by atoms with Crippen molar-refractivity contribution in [1.82, 2.24) is 4.31 Å². The molecule has 110 valence electrons. The Morgan fingerprint density at radius 2 is 2.15 bits per heavy atom. The van der Waals surface area contributed by atoms with Gasteiger partial charge in [0.05, 0.1) is 4.90 Å². The van der Waals surface area contributed by atoms with Crippen molar-refractivity contribution in [2.75, 3.05) is 25.0 Å². The molecule has 0 aliphatic carbocycles. The maximum absolute atomic E-state index is 12.7. The Kier molecular flexibility index (Phi) is 3.50. The lowest BCUT2D eigenvalue weighted by atomic mass is 9.96. The summed E-state index contributed by atoms with van der Waals surface area (Å²) in [5.74, 6) is 1.03. The normalized spacial score (nSPS) is 23.1. The van der Waals surface area contributed by atoms with Crippen LogP contribution in [0.1, 0.15) is 25.8 Å². The molecule has 2 aliphatic heterocycles. The van der Waals surface area contributed by atoms with Gasteiger partial charge in [0.15, 0.2) is 0 Å². The molecule has 1 atom stereocenters. The monoisotopic (exact) mass is 294 g/mol. The average Bonchev–Trinajstić information content (AvgIpc) is 3.07. The highest BCUT2D eigenvalue weighted by Crippen LogP contribution is 2.31. The van der Waals surface area contributed by atoms with Crippen molar-refractivity contribution in [3.05, 3.63) is 23.8 Å². The first kappa shape index (κ1) is 13.9. The lowest BCUT2D eigenvalue weighted by molar-refractivity contribution is 0.388. The zero-order valence-corrected chi connectivity index (χ0v) is 12.9. The largest absolute Gasteiger partial charge is 0.384 e. The topological polar surface area (TPSA) is 49.4 Å². The van der Waals surface area contributed by atoms with Crippen LogP contribution < -0.4 is 5.32 Å². The van der Waals surface area contributed by atoms with Crippen molar-refractivity contribution in [2.45, 2.75) is 31.6 Å². The highest BCUT2D eigenvalue weighted by molar-refractivity contribution is 7.89. The summed E-state index contributed by atoms with van der Waals surface area (Å²) in [4.78, 5) is 0.448. The van der Waals surface area contributed by atoms with E-state index in [9.17, 15) is 8.42 Å². The van der Waals surface area contributed by atoms with Crippen LogP contribution in [0, 0.1) is 11.8 Å². The molecule has 0 bridgehead atoms. The summed E-state index contributed by atoms with van der Waals surface area (Å²) in [5.41, 5.74) is 2.19. The fraction of sp³-hybridized carbons (Fsp3) is 0.600. The van der Waals surface area contributed by atoms with Gasteiger partial charge < -0.3 is 5.32 Å². The zero-order valence-electron chi connectivity index (χ0n) is 12.1. The molecule has 20 heavy (non-hydrogen) atoms. The van der Waals surface area contributed by atoms with E-state index in [1.807, 2.05) is 12.1 Å². The van der Waals surface area contributed by atoms with Crippen LogP contribution in [0.25, 0.3) is 0 Å². The molecular formula is C15H22N2O2S. The molecule has 0 amide bonds. The first-order valence-corrected chi connectivity index (χ1v) is 8.79. The number of nitrogens with zero attached hydrogens (tertiary/aromatic N) is 1. The van der Waals surface area contributed by atoms with Crippen molar-refractivity contribution in [3.63, 3.8) is 0 Å². The Balaban J connectivity index is 1.86. The summed E-state index contributed by atoms with van der Waals surface area (Å²) in [6, 6.07) is 5.47. The fourth-order valence-electron chi connectivity index (χ4n) is 3.11. The third kappa shape index (κ3) is 2.33. The maximum Gasteiger partial charge on any atom is 0.243 e. The average molecular weight is 294 g/mol. The van der Waals surface area contributed by atoms with Gasteiger partial charge in [-0.05, 0) is 48.4 Å². The van der Waals surface area contributed by atoms with Gasteiger partial charge in [-0.3, -0.25) is 0 Å². The molecule has 1 unspecified atom stereocenters. The molecule has 1 aromatic carbocycles. The minimum absolute atomic E-state index is 0.448. The second-order valence-electron chi connectivity index (χ2n) is 6.15. The smallest absolute Gasteiger partial charge is 0.243 e. The van der Waals surface area contributed by atoms with Crippen molar-refractivity contribution in [2.24, 2.45) is 11.8 Å². The molecular weight excluding hydrogens is 272 g/mol. The quantitative estimate of drug-likeness (QED) is 0.931. The minimum atomic E-state index is -3.32. The molecule has 1 N–H and O–H groups in total. The second-order valence-corrected chi connectivity index (χ2v) is 8.09. The summed E-state index contributed by atoms with van der Waals surface area (Å²) in [6.07, 6.45) is 1.89. The van der Waals surface area contributed by atoms with Gasteiger partial charge in [0.2, 0.25) is 10.0 Å². The maximum atomic E-state index is 12.7. The fourth-order valence-corrected chi connectivity index (χ4v) is 4.67. The minimum Gasteiger partial charge on any atom is -0.384 e.